The first kappa shape index (κ1) is 21.9. The molecule has 0 saturated heterocycles. The lowest BCUT2D eigenvalue weighted by molar-refractivity contribution is -0.160. The number of hydrogen-bond donors (Lipinski definition) is 1. The van der Waals surface area contributed by atoms with Crippen molar-refractivity contribution in [1.82, 2.24) is 0 Å². The lowest BCUT2D eigenvalue weighted by atomic mass is 10.0. The third-order valence-electron chi connectivity index (χ3n) is 4.52. The van der Waals surface area contributed by atoms with Gasteiger partial charge in [0.2, 0.25) is 0 Å². The van der Waals surface area contributed by atoms with Crippen LogP contribution in [0.1, 0.15) is 85.5 Å². The number of hydrogen-bond acceptors (Lipinski definition) is 3. The van der Waals surface area contributed by atoms with E-state index in [-0.39, 0.29) is 6.29 Å². The summed E-state index contributed by atoms with van der Waals surface area (Å²) < 4.78 is 12.1. The quantitative estimate of drug-likeness (QED) is 0.402. The van der Waals surface area contributed by atoms with Gasteiger partial charge in [-0.25, -0.2) is 0 Å². The van der Waals surface area contributed by atoms with Crippen LogP contribution in [0.5, 0.6) is 0 Å². The standard InChI is InChI=1S/C19H41NO2/c1-5-9-11-17(7-3)15-21-19(13-14-20)22-16-18(8-4)12-10-6-2/h17-19H,5-16,20H2,1-4H3. The largest absolute Gasteiger partial charge is 0.352 e. The third kappa shape index (κ3) is 11.4. The Morgan fingerprint density at radius 3 is 1.50 bits per heavy atom. The van der Waals surface area contributed by atoms with Crippen molar-refractivity contribution in [3.8, 4) is 0 Å². The highest BCUT2D eigenvalue weighted by Gasteiger charge is 2.15. The molecule has 2 atom stereocenters. The molecule has 0 amide bonds. The highest BCUT2D eigenvalue weighted by molar-refractivity contribution is 4.60. The van der Waals surface area contributed by atoms with Crippen molar-refractivity contribution in [3.63, 3.8) is 0 Å². The minimum Gasteiger partial charge on any atom is -0.352 e. The van der Waals surface area contributed by atoms with Crippen LogP contribution in [0.15, 0.2) is 0 Å². The second kappa shape index (κ2) is 15.8. The predicted octanol–water partition coefficient (Wildman–Crippen LogP) is 5.13. The monoisotopic (exact) mass is 315 g/mol. The Balaban J connectivity index is 4.11. The number of nitrogens with two attached hydrogens (primary N) is 1. The Morgan fingerprint density at radius 1 is 0.727 bits per heavy atom. The smallest absolute Gasteiger partial charge is 0.158 e. The van der Waals surface area contributed by atoms with Gasteiger partial charge in [0.1, 0.15) is 0 Å². The Hall–Kier alpha value is -0.120. The summed E-state index contributed by atoms with van der Waals surface area (Å²) in [5.74, 6) is 1.32. The molecule has 0 aromatic carbocycles. The van der Waals surface area contributed by atoms with Crippen molar-refractivity contribution in [2.75, 3.05) is 19.8 Å². The lowest BCUT2D eigenvalue weighted by Gasteiger charge is -2.24. The van der Waals surface area contributed by atoms with Crippen molar-refractivity contribution in [2.45, 2.75) is 91.8 Å². The van der Waals surface area contributed by atoms with Crippen molar-refractivity contribution >= 4 is 0 Å². The van der Waals surface area contributed by atoms with Crippen molar-refractivity contribution in [1.29, 1.82) is 0 Å². The molecular formula is C19H41NO2. The van der Waals surface area contributed by atoms with Gasteiger partial charge in [0.25, 0.3) is 0 Å². The van der Waals surface area contributed by atoms with Gasteiger partial charge >= 0.3 is 0 Å². The molecule has 0 heterocycles. The minimum atomic E-state index is -0.114. The van der Waals surface area contributed by atoms with E-state index in [1.165, 1.54) is 51.4 Å². The maximum Gasteiger partial charge on any atom is 0.158 e. The van der Waals surface area contributed by atoms with Crippen molar-refractivity contribution < 1.29 is 9.47 Å². The normalized spacial score (nSPS) is 15.7. The second-order valence-corrected chi connectivity index (χ2v) is 6.51. The molecule has 0 aromatic heterocycles. The molecule has 3 heteroatoms. The molecular weight excluding hydrogens is 274 g/mol. The maximum atomic E-state index is 6.03. The first-order chi connectivity index (χ1) is 10.7. The van der Waals surface area contributed by atoms with Gasteiger partial charge in [0, 0.05) is 6.42 Å². The lowest BCUT2D eigenvalue weighted by Crippen LogP contribution is -2.26. The first-order valence-corrected chi connectivity index (χ1v) is 9.64. The molecule has 0 aliphatic heterocycles. The molecule has 3 nitrogen and oxygen atoms in total. The predicted molar refractivity (Wildman–Crippen MR) is 96.0 cm³/mol. The summed E-state index contributed by atoms with van der Waals surface area (Å²) in [7, 11) is 0. The first-order valence-electron chi connectivity index (χ1n) is 9.64. The van der Waals surface area contributed by atoms with Crippen molar-refractivity contribution in [3.05, 3.63) is 0 Å². The third-order valence-corrected chi connectivity index (χ3v) is 4.52. The fourth-order valence-corrected chi connectivity index (χ4v) is 2.63. The van der Waals surface area contributed by atoms with Gasteiger partial charge in [-0.2, -0.15) is 0 Å². The fourth-order valence-electron chi connectivity index (χ4n) is 2.63. The molecule has 22 heavy (non-hydrogen) atoms. The van der Waals surface area contributed by atoms with Crippen molar-refractivity contribution in [2.24, 2.45) is 17.6 Å². The molecule has 0 spiro atoms. The summed E-state index contributed by atoms with van der Waals surface area (Å²) in [6, 6.07) is 0. The van der Waals surface area contributed by atoms with Crippen LogP contribution in [0.2, 0.25) is 0 Å². The van der Waals surface area contributed by atoms with Crippen LogP contribution in [0, 0.1) is 11.8 Å². The molecule has 0 aliphatic rings. The van der Waals surface area contributed by atoms with Crippen LogP contribution >= 0.6 is 0 Å². The molecule has 0 bridgehead atoms. The van der Waals surface area contributed by atoms with Gasteiger partial charge in [-0.15, -0.1) is 0 Å². The van der Waals surface area contributed by atoms with E-state index >= 15 is 0 Å². The Labute approximate surface area is 139 Å². The van der Waals surface area contributed by atoms with Crippen LogP contribution in [-0.2, 0) is 9.47 Å². The Bertz CT molecular complexity index is 203. The summed E-state index contributed by atoms with van der Waals surface area (Å²) in [5, 5.41) is 0. The molecule has 0 saturated carbocycles. The minimum absolute atomic E-state index is 0.114. The zero-order valence-corrected chi connectivity index (χ0v) is 15.6. The van der Waals surface area contributed by atoms with E-state index in [9.17, 15) is 0 Å². The van der Waals surface area contributed by atoms with Crippen LogP contribution in [0.3, 0.4) is 0 Å². The number of unbranched alkanes of at least 4 members (excludes halogenated alkanes) is 2. The van der Waals surface area contributed by atoms with E-state index in [4.69, 9.17) is 15.2 Å². The van der Waals surface area contributed by atoms with E-state index in [2.05, 4.69) is 27.7 Å². The highest BCUT2D eigenvalue weighted by Crippen LogP contribution is 2.17. The van der Waals surface area contributed by atoms with E-state index in [0.29, 0.717) is 18.4 Å². The molecule has 2 unspecified atom stereocenters. The van der Waals surface area contributed by atoms with Gasteiger partial charge in [-0.05, 0) is 31.2 Å². The SMILES string of the molecule is CCCCC(CC)COC(CCN)OCC(CC)CCCC. The average Bonchev–Trinajstić information content (AvgIpc) is 2.54. The van der Waals surface area contributed by atoms with E-state index in [0.717, 1.165) is 19.6 Å². The van der Waals surface area contributed by atoms with Gasteiger partial charge in [0.05, 0.1) is 13.2 Å². The molecule has 0 radical (unpaired) electrons. The number of ether oxygens (including phenoxy) is 2. The van der Waals surface area contributed by atoms with Gasteiger partial charge in [0.15, 0.2) is 6.29 Å². The van der Waals surface area contributed by atoms with E-state index < -0.39 is 0 Å². The topological polar surface area (TPSA) is 44.5 Å². The number of rotatable bonds is 16. The van der Waals surface area contributed by atoms with E-state index in [1.807, 2.05) is 0 Å². The molecule has 0 fully saturated rings. The second-order valence-electron chi connectivity index (χ2n) is 6.51. The van der Waals surface area contributed by atoms with Crippen LogP contribution in [-0.4, -0.2) is 26.0 Å². The average molecular weight is 316 g/mol. The summed E-state index contributed by atoms with van der Waals surface area (Å²) in [4.78, 5) is 0. The van der Waals surface area contributed by atoms with Gasteiger partial charge in [-0.1, -0.05) is 66.2 Å². The maximum absolute atomic E-state index is 6.03. The summed E-state index contributed by atoms with van der Waals surface area (Å²) in [6.07, 6.45) is 10.7. The zero-order chi connectivity index (χ0) is 16.6. The molecule has 0 rings (SSSR count). The van der Waals surface area contributed by atoms with Crippen LogP contribution < -0.4 is 5.73 Å². The van der Waals surface area contributed by atoms with Gasteiger partial charge < -0.3 is 15.2 Å². The van der Waals surface area contributed by atoms with Crippen LogP contribution in [0.25, 0.3) is 0 Å². The molecule has 134 valence electrons. The molecule has 0 aliphatic carbocycles. The Kier molecular flexibility index (Phi) is 15.7. The van der Waals surface area contributed by atoms with E-state index in [1.54, 1.807) is 0 Å². The highest BCUT2D eigenvalue weighted by atomic mass is 16.7. The summed E-state index contributed by atoms with van der Waals surface area (Å²) >= 11 is 0. The van der Waals surface area contributed by atoms with Crippen LogP contribution in [0.4, 0.5) is 0 Å². The van der Waals surface area contributed by atoms with Gasteiger partial charge in [-0.3, -0.25) is 0 Å². The zero-order valence-electron chi connectivity index (χ0n) is 15.6. The molecule has 2 N–H and O–H groups in total. The summed E-state index contributed by atoms with van der Waals surface area (Å²) in [5.41, 5.74) is 5.71. The molecule has 0 aromatic rings. The fraction of sp³-hybridized carbons (Fsp3) is 1.00. The Morgan fingerprint density at radius 2 is 1.18 bits per heavy atom. The summed E-state index contributed by atoms with van der Waals surface area (Å²) in [6.45, 7) is 11.2.